The van der Waals surface area contributed by atoms with Gasteiger partial charge in [0.05, 0.1) is 12.7 Å². The first kappa shape index (κ1) is 8.66. The first-order valence-electron chi connectivity index (χ1n) is 4.44. The highest BCUT2D eigenvalue weighted by molar-refractivity contribution is 5.99. The maximum atomic E-state index is 11.5. The van der Waals surface area contributed by atoms with Crippen LogP contribution in [0.25, 0.3) is 0 Å². The zero-order chi connectivity index (χ0) is 9.26. The quantitative estimate of drug-likeness (QED) is 0.569. The van der Waals surface area contributed by atoms with Crippen LogP contribution in [0.15, 0.2) is 23.8 Å². The van der Waals surface area contributed by atoms with Gasteiger partial charge in [0.2, 0.25) is 12.1 Å². The molecule has 0 aromatic heterocycles. The summed E-state index contributed by atoms with van der Waals surface area (Å²) >= 11 is 0. The van der Waals surface area contributed by atoms with Gasteiger partial charge >= 0.3 is 0 Å². The summed E-state index contributed by atoms with van der Waals surface area (Å²) in [6.07, 6.45) is 5.75. The Kier molecular flexibility index (Phi) is 2.29. The SMILES string of the molecule is C/C=C/C=C1\C[C@H]2CO[C@H](O2)C1=O. The van der Waals surface area contributed by atoms with Crippen molar-refractivity contribution >= 4 is 5.78 Å². The molecule has 2 fully saturated rings. The van der Waals surface area contributed by atoms with Crippen molar-refractivity contribution in [1.29, 1.82) is 0 Å². The van der Waals surface area contributed by atoms with Gasteiger partial charge in [-0.3, -0.25) is 4.79 Å². The van der Waals surface area contributed by atoms with E-state index in [2.05, 4.69) is 0 Å². The summed E-state index contributed by atoms with van der Waals surface area (Å²) in [5.41, 5.74) is 0.817. The summed E-state index contributed by atoms with van der Waals surface area (Å²) < 4.78 is 10.4. The summed E-state index contributed by atoms with van der Waals surface area (Å²) in [5.74, 6) is -0.0214. The third-order valence-electron chi connectivity index (χ3n) is 2.22. The number of ether oxygens (including phenoxy) is 2. The second-order valence-corrected chi connectivity index (χ2v) is 3.21. The van der Waals surface area contributed by atoms with E-state index in [-0.39, 0.29) is 11.9 Å². The molecule has 2 aliphatic heterocycles. The third kappa shape index (κ3) is 1.57. The maximum absolute atomic E-state index is 11.5. The first-order chi connectivity index (χ1) is 6.31. The molecule has 2 atom stereocenters. The number of Topliss-reactive ketones (excluding diaryl/α,β-unsaturated/α-hetero) is 1. The van der Waals surface area contributed by atoms with Gasteiger partial charge in [-0.1, -0.05) is 18.2 Å². The molecule has 0 saturated carbocycles. The molecule has 0 unspecified atom stereocenters. The van der Waals surface area contributed by atoms with Crippen LogP contribution in [0.1, 0.15) is 13.3 Å². The van der Waals surface area contributed by atoms with E-state index >= 15 is 0 Å². The zero-order valence-electron chi connectivity index (χ0n) is 7.53. The van der Waals surface area contributed by atoms with Gasteiger partial charge in [-0.15, -0.1) is 0 Å². The second kappa shape index (κ2) is 3.44. The largest absolute Gasteiger partial charge is 0.343 e. The van der Waals surface area contributed by atoms with Crippen LogP contribution >= 0.6 is 0 Å². The first-order valence-corrected chi connectivity index (χ1v) is 4.44. The Labute approximate surface area is 77.0 Å². The second-order valence-electron chi connectivity index (χ2n) is 3.21. The molecule has 3 heteroatoms. The predicted octanol–water partition coefficient (Wildman–Crippen LogP) is 1.20. The molecule has 0 aromatic carbocycles. The Morgan fingerprint density at radius 3 is 3.15 bits per heavy atom. The fraction of sp³-hybridized carbons (Fsp3) is 0.500. The van der Waals surface area contributed by atoms with Crippen molar-refractivity contribution < 1.29 is 14.3 Å². The molecule has 2 rings (SSSR count). The number of hydrogen-bond donors (Lipinski definition) is 0. The van der Waals surface area contributed by atoms with E-state index in [4.69, 9.17) is 9.47 Å². The topological polar surface area (TPSA) is 35.5 Å². The van der Waals surface area contributed by atoms with E-state index in [0.717, 1.165) is 5.57 Å². The van der Waals surface area contributed by atoms with Gasteiger partial charge in [0, 0.05) is 12.0 Å². The average molecular weight is 180 g/mol. The predicted molar refractivity (Wildman–Crippen MR) is 47.1 cm³/mol. The molecule has 0 N–H and O–H groups in total. The van der Waals surface area contributed by atoms with Crippen LogP contribution in [0.3, 0.4) is 0 Å². The van der Waals surface area contributed by atoms with Gasteiger partial charge in [-0.05, 0) is 6.92 Å². The van der Waals surface area contributed by atoms with Gasteiger partial charge in [0.15, 0.2) is 0 Å². The highest BCUT2D eigenvalue weighted by atomic mass is 16.7. The Morgan fingerprint density at radius 2 is 2.38 bits per heavy atom. The number of rotatable bonds is 1. The number of ketones is 1. The van der Waals surface area contributed by atoms with Crippen LogP contribution in [0, 0.1) is 0 Å². The normalized spacial score (nSPS) is 36.4. The fourth-order valence-electron chi connectivity index (χ4n) is 1.55. The van der Waals surface area contributed by atoms with Crippen LogP contribution in [0.4, 0.5) is 0 Å². The molecule has 0 amide bonds. The van der Waals surface area contributed by atoms with Crippen molar-refractivity contribution in [2.75, 3.05) is 6.61 Å². The standard InChI is InChI=1S/C10H12O3/c1-2-3-4-7-5-8-6-12-10(13-8)9(7)11/h2-4,8,10H,5-6H2,1H3/b3-2+,7-4+/t8-,10+/m0/s1. The molecular weight excluding hydrogens is 168 g/mol. The lowest BCUT2D eigenvalue weighted by molar-refractivity contribution is -0.146. The van der Waals surface area contributed by atoms with E-state index in [1.807, 2.05) is 25.2 Å². The summed E-state index contributed by atoms with van der Waals surface area (Å²) in [6, 6.07) is 0. The summed E-state index contributed by atoms with van der Waals surface area (Å²) in [6.45, 7) is 2.47. The fourth-order valence-corrected chi connectivity index (χ4v) is 1.55. The number of fused-ring (bicyclic) bond motifs is 2. The minimum absolute atomic E-state index is 0.0214. The Morgan fingerprint density at radius 1 is 1.54 bits per heavy atom. The number of allylic oxidation sites excluding steroid dienone is 3. The lowest BCUT2D eigenvalue weighted by Gasteiger charge is -2.18. The van der Waals surface area contributed by atoms with Gasteiger partial charge in [-0.25, -0.2) is 0 Å². The number of hydrogen-bond acceptors (Lipinski definition) is 3. The molecule has 0 radical (unpaired) electrons. The molecule has 0 spiro atoms. The smallest absolute Gasteiger partial charge is 0.222 e. The van der Waals surface area contributed by atoms with E-state index in [1.54, 1.807) is 0 Å². The summed E-state index contributed by atoms with van der Waals surface area (Å²) in [7, 11) is 0. The third-order valence-corrected chi connectivity index (χ3v) is 2.22. The van der Waals surface area contributed by atoms with Crippen molar-refractivity contribution in [3.05, 3.63) is 23.8 Å². The lowest BCUT2D eigenvalue weighted by Crippen LogP contribution is -2.30. The van der Waals surface area contributed by atoms with Gasteiger partial charge in [-0.2, -0.15) is 0 Å². The van der Waals surface area contributed by atoms with Crippen molar-refractivity contribution in [1.82, 2.24) is 0 Å². The van der Waals surface area contributed by atoms with Crippen LogP contribution in [0.5, 0.6) is 0 Å². The Balaban J connectivity index is 2.17. The number of carbonyl (C=O) groups is 1. The van der Waals surface area contributed by atoms with Crippen LogP contribution in [-0.2, 0) is 14.3 Å². The highest BCUT2D eigenvalue weighted by Gasteiger charge is 2.39. The Hall–Kier alpha value is -0.930. The van der Waals surface area contributed by atoms with Crippen LogP contribution < -0.4 is 0 Å². The molecule has 3 nitrogen and oxygen atoms in total. The van der Waals surface area contributed by atoms with E-state index in [1.165, 1.54) is 0 Å². The van der Waals surface area contributed by atoms with Crippen molar-refractivity contribution in [3.8, 4) is 0 Å². The van der Waals surface area contributed by atoms with Gasteiger partial charge < -0.3 is 9.47 Å². The van der Waals surface area contributed by atoms with E-state index in [0.29, 0.717) is 13.0 Å². The molecule has 2 bridgehead atoms. The average Bonchev–Trinajstić information content (AvgIpc) is 2.54. The molecule has 2 heterocycles. The Bertz CT molecular complexity index is 278. The van der Waals surface area contributed by atoms with Crippen molar-refractivity contribution in [2.24, 2.45) is 0 Å². The maximum Gasteiger partial charge on any atom is 0.222 e. The van der Waals surface area contributed by atoms with Crippen molar-refractivity contribution in [3.63, 3.8) is 0 Å². The lowest BCUT2D eigenvalue weighted by atomic mass is 10.0. The summed E-state index contributed by atoms with van der Waals surface area (Å²) in [5, 5.41) is 0. The highest BCUT2D eigenvalue weighted by Crippen LogP contribution is 2.27. The minimum atomic E-state index is -0.629. The molecule has 0 aliphatic carbocycles. The van der Waals surface area contributed by atoms with Crippen LogP contribution in [0.2, 0.25) is 0 Å². The monoisotopic (exact) mass is 180 g/mol. The van der Waals surface area contributed by atoms with Gasteiger partial charge in [0.25, 0.3) is 0 Å². The molecule has 2 saturated heterocycles. The molecular formula is C10H12O3. The van der Waals surface area contributed by atoms with Crippen LogP contribution in [-0.4, -0.2) is 24.8 Å². The molecule has 0 aromatic rings. The number of carbonyl (C=O) groups excluding carboxylic acids is 1. The molecule has 70 valence electrons. The van der Waals surface area contributed by atoms with E-state index < -0.39 is 6.29 Å². The molecule has 13 heavy (non-hydrogen) atoms. The van der Waals surface area contributed by atoms with Crippen molar-refractivity contribution in [2.45, 2.75) is 25.7 Å². The minimum Gasteiger partial charge on any atom is -0.343 e. The van der Waals surface area contributed by atoms with E-state index in [9.17, 15) is 4.79 Å². The summed E-state index contributed by atoms with van der Waals surface area (Å²) in [4.78, 5) is 11.5. The zero-order valence-corrected chi connectivity index (χ0v) is 7.53. The molecule has 2 aliphatic rings. The van der Waals surface area contributed by atoms with Gasteiger partial charge in [0.1, 0.15) is 0 Å².